The Bertz CT molecular complexity index is 707. The molecule has 0 saturated heterocycles. The van der Waals surface area contributed by atoms with Crippen LogP contribution < -0.4 is 0 Å². The molecule has 22 heavy (non-hydrogen) atoms. The van der Waals surface area contributed by atoms with Gasteiger partial charge in [-0.05, 0) is 43.9 Å². The van der Waals surface area contributed by atoms with E-state index in [1.807, 2.05) is 13.0 Å². The van der Waals surface area contributed by atoms with Crippen LogP contribution >= 0.6 is 0 Å². The van der Waals surface area contributed by atoms with Crippen LogP contribution in [0.3, 0.4) is 0 Å². The Morgan fingerprint density at radius 3 is 2.14 bits per heavy atom. The molecule has 2 nitrogen and oxygen atoms in total. The van der Waals surface area contributed by atoms with Crippen molar-refractivity contribution in [3.05, 3.63) is 58.5 Å². The SMILES string of the molecule is CC(=O)c1cc(/C(=C\c2ccc(C)cc2)C(C)(C)C)oc1C. The molecule has 0 atom stereocenters. The molecule has 0 fully saturated rings. The summed E-state index contributed by atoms with van der Waals surface area (Å²) in [7, 11) is 0. The maximum atomic E-state index is 11.7. The van der Waals surface area contributed by atoms with E-state index in [4.69, 9.17) is 4.42 Å². The van der Waals surface area contributed by atoms with Crippen LogP contribution in [0, 0.1) is 19.3 Å². The molecule has 0 spiro atoms. The van der Waals surface area contributed by atoms with Crippen LogP contribution in [0.1, 0.15) is 60.7 Å². The molecule has 1 aromatic carbocycles. The Morgan fingerprint density at radius 1 is 1.09 bits per heavy atom. The number of aryl methyl sites for hydroxylation is 2. The summed E-state index contributed by atoms with van der Waals surface area (Å²) in [6, 6.07) is 10.3. The molecule has 0 amide bonds. The van der Waals surface area contributed by atoms with E-state index in [1.165, 1.54) is 5.56 Å². The number of rotatable bonds is 3. The molecular formula is C20H24O2. The fourth-order valence-electron chi connectivity index (χ4n) is 2.45. The van der Waals surface area contributed by atoms with Crippen molar-refractivity contribution in [3.63, 3.8) is 0 Å². The van der Waals surface area contributed by atoms with E-state index in [2.05, 4.69) is 58.0 Å². The van der Waals surface area contributed by atoms with Crippen molar-refractivity contribution in [2.24, 2.45) is 5.41 Å². The zero-order chi connectivity index (χ0) is 16.5. The van der Waals surface area contributed by atoms with Gasteiger partial charge in [-0.2, -0.15) is 0 Å². The summed E-state index contributed by atoms with van der Waals surface area (Å²) in [5.41, 5.74) is 4.04. The third kappa shape index (κ3) is 3.56. The molecule has 2 rings (SSSR count). The first kappa shape index (κ1) is 16.3. The minimum atomic E-state index is -0.0801. The van der Waals surface area contributed by atoms with Gasteiger partial charge in [-0.15, -0.1) is 0 Å². The third-order valence-electron chi connectivity index (χ3n) is 3.76. The Morgan fingerprint density at radius 2 is 1.68 bits per heavy atom. The van der Waals surface area contributed by atoms with Crippen LogP contribution in [0.2, 0.25) is 0 Å². The highest BCUT2D eigenvalue weighted by molar-refractivity contribution is 5.96. The summed E-state index contributed by atoms with van der Waals surface area (Å²) in [6.45, 7) is 11.9. The molecule has 116 valence electrons. The number of allylic oxidation sites excluding steroid dienone is 1. The van der Waals surface area contributed by atoms with Crippen LogP contribution in [0.15, 0.2) is 34.7 Å². The fourth-order valence-corrected chi connectivity index (χ4v) is 2.45. The van der Waals surface area contributed by atoms with Gasteiger partial charge in [0, 0.05) is 5.57 Å². The van der Waals surface area contributed by atoms with Crippen molar-refractivity contribution < 1.29 is 9.21 Å². The molecule has 0 N–H and O–H groups in total. The number of benzene rings is 1. The molecule has 1 heterocycles. The average Bonchev–Trinajstić information content (AvgIpc) is 2.78. The van der Waals surface area contributed by atoms with Crippen LogP contribution in [-0.4, -0.2) is 5.78 Å². The van der Waals surface area contributed by atoms with Crippen molar-refractivity contribution >= 4 is 17.4 Å². The lowest BCUT2D eigenvalue weighted by atomic mass is 9.83. The maximum absolute atomic E-state index is 11.7. The highest BCUT2D eigenvalue weighted by atomic mass is 16.3. The second-order valence-corrected chi connectivity index (χ2v) is 6.86. The van der Waals surface area contributed by atoms with Crippen molar-refractivity contribution in [1.29, 1.82) is 0 Å². The molecule has 2 aromatic rings. The molecule has 0 unspecified atom stereocenters. The van der Waals surface area contributed by atoms with Gasteiger partial charge in [0.1, 0.15) is 11.5 Å². The number of hydrogen-bond acceptors (Lipinski definition) is 2. The summed E-state index contributed by atoms with van der Waals surface area (Å²) in [6.07, 6.45) is 2.14. The Balaban J connectivity index is 2.54. The van der Waals surface area contributed by atoms with Crippen LogP contribution in [0.4, 0.5) is 0 Å². The lowest BCUT2D eigenvalue weighted by Crippen LogP contribution is -2.07. The average molecular weight is 296 g/mol. The van der Waals surface area contributed by atoms with Gasteiger partial charge < -0.3 is 4.42 Å². The van der Waals surface area contributed by atoms with E-state index in [0.717, 1.165) is 16.9 Å². The van der Waals surface area contributed by atoms with Gasteiger partial charge in [0.05, 0.1) is 5.56 Å². The first-order valence-electron chi connectivity index (χ1n) is 7.59. The van der Waals surface area contributed by atoms with Gasteiger partial charge in [0.2, 0.25) is 0 Å². The number of hydrogen-bond donors (Lipinski definition) is 0. The van der Waals surface area contributed by atoms with E-state index in [0.29, 0.717) is 11.3 Å². The van der Waals surface area contributed by atoms with E-state index in [-0.39, 0.29) is 11.2 Å². The second kappa shape index (κ2) is 5.96. The fraction of sp³-hybridized carbons (Fsp3) is 0.350. The highest BCUT2D eigenvalue weighted by Crippen LogP contribution is 2.37. The Kier molecular flexibility index (Phi) is 4.41. The number of furan rings is 1. The number of carbonyl (C=O) groups excluding carboxylic acids is 1. The Hall–Kier alpha value is -2.09. The van der Waals surface area contributed by atoms with Gasteiger partial charge in [-0.25, -0.2) is 0 Å². The standard InChI is InChI=1S/C20H24O2/c1-13-7-9-16(10-8-13)11-18(20(4,5)6)19-12-17(14(2)21)15(3)22-19/h7-12H,1-6H3/b18-11+. The van der Waals surface area contributed by atoms with Crippen molar-refractivity contribution in [3.8, 4) is 0 Å². The minimum Gasteiger partial charge on any atom is -0.461 e. The minimum absolute atomic E-state index is 0.0381. The van der Waals surface area contributed by atoms with E-state index in [9.17, 15) is 4.79 Å². The molecule has 0 bridgehead atoms. The van der Waals surface area contributed by atoms with Gasteiger partial charge >= 0.3 is 0 Å². The van der Waals surface area contributed by atoms with Crippen molar-refractivity contribution in [1.82, 2.24) is 0 Å². The van der Waals surface area contributed by atoms with E-state index >= 15 is 0 Å². The molecule has 0 aliphatic carbocycles. The number of carbonyl (C=O) groups is 1. The van der Waals surface area contributed by atoms with E-state index in [1.54, 1.807) is 6.92 Å². The second-order valence-electron chi connectivity index (χ2n) is 6.86. The molecule has 0 radical (unpaired) electrons. The smallest absolute Gasteiger partial charge is 0.163 e. The normalized spacial score (nSPS) is 12.5. The molecule has 0 aliphatic heterocycles. The predicted molar refractivity (Wildman–Crippen MR) is 92.0 cm³/mol. The van der Waals surface area contributed by atoms with Crippen LogP contribution in [0.25, 0.3) is 11.6 Å². The van der Waals surface area contributed by atoms with Crippen LogP contribution in [-0.2, 0) is 0 Å². The molecule has 2 heteroatoms. The quantitative estimate of drug-likeness (QED) is 0.681. The number of ketones is 1. The van der Waals surface area contributed by atoms with Crippen molar-refractivity contribution in [2.45, 2.75) is 41.5 Å². The zero-order valence-corrected chi connectivity index (χ0v) is 14.3. The number of Topliss-reactive ketones (excluding diaryl/α,β-unsaturated/α-hetero) is 1. The molecular weight excluding hydrogens is 272 g/mol. The van der Waals surface area contributed by atoms with Gasteiger partial charge in [0.25, 0.3) is 0 Å². The molecule has 0 aliphatic rings. The monoisotopic (exact) mass is 296 g/mol. The third-order valence-corrected chi connectivity index (χ3v) is 3.76. The molecule has 0 saturated carbocycles. The summed E-state index contributed by atoms with van der Waals surface area (Å²) in [4.78, 5) is 11.7. The first-order chi connectivity index (χ1) is 10.2. The van der Waals surface area contributed by atoms with Crippen molar-refractivity contribution in [2.75, 3.05) is 0 Å². The summed E-state index contributed by atoms with van der Waals surface area (Å²) < 4.78 is 5.87. The van der Waals surface area contributed by atoms with Gasteiger partial charge in [-0.3, -0.25) is 4.79 Å². The first-order valence-corrected chi connectivity index (χ1v) is 7.59. The largest absolute Gasteiger partial charge is 0.461 e. The summed E-state index contributed by atoms with van der Waals surface area (Å²) in [5, 5.41) is 0. The van der Waals surface area contributed by atoms with Gasteiger partial charge in [-0.1, -0.05) is 50.6 Å². The zero-order valence-electron chi connectivity index (χ0n) is 14.3. The predicted octanol–water partition coefficient (Wildman–Crippen LogP) is 5.69. The summed E-state index contributed by atoms with van der Waals surface area (Å²) in [5.74, 6) is 1.49. The maximum Gasteiger partial charge on any atom is 0.163 e. The van der Waals surface area contributed by atoms with Gasteiger partial charge in [0.15, 0.2) is 5.78 Å². The molecule has 1 aromatic heterocycles. The van der Waals surface area contributed by atoms with E-state index < -0.39 is 0 Å². The summed E-state index contributed by atoms with van der Waals surface area (Å²) >= 11 is 0. The Labute approximate surface area is 132 Å². The lowest BCUT2D eigenvalue weighted by molar-refractivity contribution is 0.101. The lowest BCUT2D eigenvalue weighted by Gasteiger charge is -2.21. The van der Waals surface area contributed by atoms with Crippen LogP contribution in [0.5, 0.6) is 0 Å². The highest BCUT2D eigenvalue weighted by Gasteiger charge is 2.23. The topological polar surface area (TPSA) is 30.2 Å².